The fraction of sp³-hybridized carbons (Fsp3) is 0.208. The molecule has 0 saturated carbocycles. The van der Waals surface area contributed by atoms with E-state index in [0.717, 1.165) is 48.9 Å². The molecule has 0 spiro atoms. The Morgan fingerprint density at radius 3 is 2.30 bits per heavy atom. The minimum Gasteiger partial charge on any atom is -0.378 e. The maximum absolute atomic E-state index is 13.5. The van der Waals surface area contributed by atoms with Crippen molar-refractivity contribution in [1.29, 1.82) is 0 Å². The summed E-state index contributed by atoms with van der Waals surface area (Å²) in [4.78, 5) is 17.6. The third-order valence-corrected chi connectivity index (χ3v) is 5.97. The molecule has 1 amide bonds. The second-order valence-corrected chi connectivity index (χ2v) is 7.81. The van der Waals surface area contributed by atoms with Gasteiger partial charge in [-0.2, -0.15) is 0 Å². The van der Waals surface area contributed by atoms with E-state index in [2.05, 4.69) is 22.3 Å². The Labute approximate surface area is 180 Å². The molecule has 0 radical (unpaired) electrons. The predicted molar refractivity (Wildman–Crippen MR) is 121 cm³/mol. The third-order valence-electron chi connectivity index (χ3n) is 5.63. The molecule has 1 saturated heterocycles. The molecule has 2 heterocycles. The van der Waals surface area contributed by atoms with Gasteiger partial charge in [0, 0.05) is 40.7 Å². The number of hydrogen-bond acceptors (Lipinski definition) is 4. The number of nitrogens with zero attached hydrogens (tertiary/aromatic N) is 2. The number of anilines is 3. The SMILES string of the molecule is O=C1c2ccccc2N[C@H](c2ccccc2Cl)N1c1ccc(N2CCOCC2)cc1. The minimum absolute atomic E-state index is 0.0478. The molecule has 0 aromatic heterocycles. The second kappa shape index (κ2) is 8.01. The zero-order valence-corrected chi connectivity index (χ0v) is 17.2. The molecule has 2 aliphatic heterocycles. The predicted octanol–water partition coefficient (Wildman–Crippen LogP) is 4.95. The number of ether oxygens (including phenoxy) is 1. The number of para-hydroxylation sites is 1. The first kappa shape index (κ1) is 19.0. The van der Waals surface area contributed by atoms with Crippen molar-refractivity contribution in [3.8, 4) is 0 Å². The molecule has 3 aromatic carbocycles. The van der Waals surface area contributed by atoms with Crippen LogP contribution in [0, 0.1) is 0 Å². The van der Waals surface area contributed by atoms with Crippen LogP contribution in [0.3, 0.4) is 0 Å². The lowest BCUT2D eigenvalue weighted by Gasteiger charge is -2.38. The minimum atomic E-state index is -0.393. The fourth-order valence-electron chi connectivity index (χ4n) is 4.08. The van der Waals surface area contributed by atoms with Crippen molar-refractivity contribution < 1.29 is 9.53 Å². The number of carbonyl (C=O) groups excluding carboxylic acids is 1. The average Bonchev–Trinajstić information content (AvgIpc) is 2.80. The first-order valence-electron chi connectivity index (χ1n) is 10.1. The van der Waals surface area contributed by atoms with E-state index < -0.39 is 6.17 Å². The van der Waals surface area contributed by atoms with Crippen LogP contribution in [0.1, 0.15) is 22.1 Å². The quantitative estimate of drug-likeness (QED) is 0.652. The van der Waals surface area contributed by atoms with Gasteiger partial charge >= 0.3 is 0 Å². The van der Waals surface area contributed by atoms with E-state index >= 15 is 0 Å². The summed E-state index contributed by atoms with van der Waals surface area (Å²) in [5.74, 6) is -0.0478. The zero-order chi connectivity index (χ0) is 20.5. The van der Waals surface area contributed by atoms with Crippen LogP contribution in [0.5, 0.6) is 0 Å². The van der Waals surface area contributed by atoms with Gasteiger partial charge in [-0.15, -0.1) is 0 Å². The van der Waals surface area contributed by atoms with Crippen LogP contribution in [-0.4, -0.2) is 32.2 Å². The Hall–Kier alpha value is -3.02. The summed E-state index contributed by atoms with van der Waals surface area (Å²) in [6.45, 7) is 3.22. The molecule has 5 rings (SSSR count). The van der Waals surface area contributed by atoms with Crippen molar-refractivity contribution >= 4 is 34.6 Å². The van der Waals surface area contributed by atoms with E-state index in [9.17, 15) is 4.79 Å². The maximum atomic E-state index is 13.5. The Balaban J connectivity index is 1.55. The zero-order valence-electron chi connectivity index (χ0n) is 16.4. The molecule has 5 nitrogen and oxygen atoms in total. The van der Waals surface area contributed by atoms with Crippen molar-refractivity contribution in [2.75, 3.05) is 41.4 Å². The lowest BCUT2D eigenvalue weighted by atomic mass is 10.0. The number of nitrogens with one attached hydrogen (secondary N) is 1. The molecule has 1 N–H and O–H groups in total. The number of benzene rings is 3. The first-order chi connectivity index (χ1) is 14.7. The summed E-state index contributed by atoms with van der Waals surface area (Å²) in [6, 6.07) is 23.4. The van der Waals surface area contributed by atoms with Crippen LogP contribution in [0.15, 0.2) is 72.8 Å². The van der Waals surface area contributed by atoms with Crippen LogP contribution in [0.2, 0.25) is 5.02 Å². The third kappa shape index (κ3) is 3.40. The smallest absolute Gasteiger partial charge is 0.262 e. The van der Waals surface area contributed by atoms with Crippen LogP contribution in [-0.2, 0) is 4.74 Å². The highest BCUT2D eigenvalue weighted by atomic mass is 35.5. The van der Waals surface area contributed by atoms with Crippen molar-refractivity contribution in [1.82, 2.24) is 0 Å². The summed E-state index contributed by atoms with van der Waals surface area (Å²) in [5.41, 5.74) is 4.28. The summed E-state index contributed by atoms with van der Waals surface area (Å²) in [7, 11) is 0. The van der Waals surface area contributed by atoms with Gasteiger partial charge in [0.2, 0.25) is 0 Å². The largest absolute Gasteiger partial charge is 0.378 e. The van der Waals surface area contributed by atoms with Gasteiger partial charge in [-0.05, 0) is 42.5 Å². The number of halogens is 1. The molecule has 152 valence electrons. The molecule has 1 fully saturated rings. The molecule has 6 heteroatoms. The monoisotopic (exact) mass is 419 g/mol. The lowest BCUT2D eigenvalue weighted by Crippen LogP contribution is -2.43. The number of hydrogen-bond donors (Lipinski definition) is 1. The van der Waals surface area contributed by atoms with Gasteiger partial charge in [-0.3, -0.25) is 9.69 Å². The summed E-state index contributed by atoms with van der Waals surface area (Å²) in [6.07, 6.45) is -0.393. The number of fused-ring (bicyclic) bond motifs is 1. The van der Waals surface area contributed by atoms with Gasteiger partial charge in [0.15, 0.2) is 0 Å². The van der Waals surface area contributed by atoms with Crippen molar-refractivity contribution in [3.63, 3.8) is 0 Å². The lowest BCUT2D eigenvalue weighted by molar-refractivity contribution is 0.0975. The number of morpholine rings is 1. The van der Waals surface area contributed by atoms with Gasteiger partial charge < -0.3 is 15.0 Å². The average molecular weight is 420 g/mol. The highest BCUT2D eigenvalue weighted by Crippen LogP contribution is 2.39. The number of rotatable bonds is 3. The second-order valence-electron chi connectivity index (χ2n) is 7.40. The topological polar surface area (TPSA) is 44.8 Å². The van der Waals surface area contributed by atoms with Crippen molar-refractivity contribution in [2.45, 2.75) is 6.17 Å². The summed E-state index contributed by atoms with van der Waals surface area (Å²) >= 11 is 6.52. The fourth-order valence-corrected chi connectivity index (χ4v) is 4.32. The normalized spacial score (nSPS) is 18.7. The standard InChI is InChI=1S/C24H22ClN3O2/c25-21-7-3-1-5-19(21)23-26-22-8-4-2-6-20(22)24(29)28(23)18-11-9-17(10-12-18)27-13-15-30-16-14-27/h1-12,23,26H,13-16H2/t23-/m0/s1. The van der Waals surface area contributed by atoms with E-state index in [1.54, 1.807) is 4.90 Å². The van der Waals surface area contributed by atoms with Gasteiger partial charge in [0.25, 0.3) is 5.91 Å². The molecule has 2 aliphatic rings. The van der Waals surface area contributed by atoms with Crippen LogP contribution in [0.25, 0.3) is 0 Å². The van der Waals surface area contributed by atoms with E-state index in [1.165, 1.54) is 0 Å². The van der Waals surface area contributed by atoms with Crippen LogP contribution in [0.4, 0.5) is 17.1 Å². The Morgan fingerprint density at radius 2 is 1.53 bits per heavy atom. The summed E-state index contributed by atoms with van der Waals surface area (Å²) < 4.78 is 5.45. The Kier molecular flexibility index (Phi) is 5.07. The van der Waals surface area contributed by atoms with Gasteiger partial charge in [-0.25, -0.2) is 0 Å². The number of carbonyl (C=O) groups is 1. The molecule has 30 heavy (non-hydrogen) atoms. The Morgan fingerprint density at radius 1 is 0.867 bits per heavy atom. The maximum Gasteiger partial charge on any atom is 0.262 e. The molecule has 0 unspecified atom stereocenters. The molecular formula is C24H22ClN3O2. The molecule has 3 aromatic rings. The highest BCUT2D eigenvalue weighted by Gasteiger charge is 2.34. The van der Waals surface area contributed by atoms with Gasteiger partial charge in [0.05, 0.1) is 18.8 Å². The molecular weight excluding hydrogens is 398 g/mol. The number of amides is 1. The van der Waals surface area contributed by atoms with E-state index in [1.807, 2.05) is 60.7 Å². The van der Waals surface area contributed by atoms with Crippen molar-refractivity contribution in [3.05, 3.63) is 88.9 Å². The first-order valence-corrected chi connectivity index (χ1v) is 10.5. The van der Waals surface area contributed by atoms with Crippen LogP contribution >= 0.6 is 11.6 Å². The van der Waals surface area contributed by atoms with E-state index in [4.69, 9.17) is 16.3 Å². The molecule has 0 bridgehead atoms. The van der Waals surface area contributed by atoms with Gasteiger partial charge in [0.1, 0.15) is 6.17 Å². The Bertz CT molecular complexity index is 1060. The summed E-state index contributed by atoms with van der Waals surface area (Å²) in [5, 5.41) is 4.13. The highest BCUT2D eigenvalue weighted by molar-refractivity contribution is 6.31. The van der Waals surface area contributed by atoms with Crippen molar-refractivity contribution in [2.24, 2.45) is 0 Å². The molecule has 0 aliphatic carbocycles. The van der Waals surface area contributed by atoms with E-state index in [0.29, 0.717) is 10.6 Å². The van der Waals surface area contributed by atoms with Gasteiger partial charge in [-0.1, -0.05) is 41.9 Å². The molecule has 1 atom stereocenters. The van der Waals surface area contributed by atoms with E-state index in [-0.39, 0.29) is 5.91 Å². The van der Waals surface area contributed by atoms with Crippen LogP contribution < -0.4 is 15.1 Å².